The number of halogens is 1. The molecule has 22 heavy (non-hydrogen) atoms. The van der Waals surface area contributed by atoms with Gasteiger partial charge in [0, 0.05) is 11.6 Å². The molecular weight excluding hydrogens is 304 g/mol. The molecule has 1 aromatic carbocycles. The van der Waals surface area contributed by atoms with Gasteiger partial charge in [0.1, 0.15) is 5.75 Å². The fraction of sp³-hybridized carbons (Fsp3) is 0.500. The number of ether oxygens (including phenoxy) is 1. The van der Waals surface area contributed by atoms with E-state index in [2.05, 4.69) is 5.32 Å². The highest BCUT2D eigenvalue weighted by atomic mass is 35.5. The molecule has 1 fully saturated rings. The van der Waals surface area contributed by atoms with Gasteiger partial charge in [-0.25, -0.2) is 0 Å². The molecule has 0 aromatic heterocycles. The number of amides is 2. The van der Waals surface area contributed by atoms with Crippen molar-refractivity contribution >= 4 is 23.4 Å². The number of nitrogens with two attached hydrogens (primary N) is 1. The second kappa shape index (κ2) is 8.03. The van der Waals surface area contributed by atoms with Gasteiger partial charge < -0.3 is 15.8 Å². The monoisotopic (exact) mass is 324 g/mol. The summed E-state index contributed by atoms with van der Waals surface area (Å²) in [4.78, 5) is 23.2. The zero-order chi connectivity index (χ0) is 15.9. The standard InChI is InChI=1S/C16H21ClN2O3/c17-12-6-7-14(13(8-12)16(18)21)22-10-15(20)19-9-11-4-2-1-3-5-11/h6-8,11H,1-5,9-10H2,(H2,18,21)(H,19,20). The van der Waals surface area contributed by atoms with Gasteiger partial charge in [0.2, 0.25) is 0 Å². The largest absolute Gasteiger partial charge is 0.483 e. The molecule has 0 aliphatic heterocycles. The summed E-state index contributed by atoms with van der Waals surface area (Å²) in [5.74, 6) is -0.00446. The molecule has 1 aliphatic carbocycles. The summed E-state index contributed by atoms with van der Waals surface area (Å²) >= 11 is 5.82. The number of carbonyl (C=O) groups excluding carboxylic acids is 2. The Hall–Kier alpha value is -1.75. The first kappa shape index (κ1) is 16.6. The van der Waals surface area contributed by atoms with Gasteiger partial charge in [0.15, 0.2) is 6.61 Å². The lowest BCUT2D eigenvalue weighted by molar-refractivity contribution is -0.123. The number of benzene rings is 1. The van der Waals surface area contributed by atoms with E-state index >= 15 is 0 Å². The maximum Gasteiger partial charge on any atom is 0.257 e. The minimum atomic E-state index is -0.639. The fourth-order valence-corrected chi connectivity index (χ4v) is 2.84. The minimum Gasteiger partial charge on any atom is -0.483 e. The van der Waals surface area contributed by atoms with E-state index in [1.165, 1.54) is 44.2 Å². The first-order valence-electron chi connectivity index (χ1n) is 7.55. The van der Waals surface area contributed by atoms with Crippen molar-refractivity contribution in [1.82, 2.24) is 5.32 Å². The molecule has 5 nitrogen and oxygen atoms in total. The van der Waals surface area contributed by atoms with Gasteiger partial charge >= 0.3 is 0 Å². The van der Waals surface area contributed by atoms with Gasteiger partial charge in [-0.2, -0.15) is 0 Å². The summed E-state index contributed by atoms with van der Waals surface area (Å²) in [6.45, 7) is 0.542. The average molecular weight is 325 g/mol. The number of carbonyl (C=O) groups is 2. The van der Waals surface area contributed by atoms with Crippen LogP contribution < -0.4 is 15.8 Å². The van der Waals surface area contributed by atoms with Crippen molar-refractivity contribution in [3.05, 3.63) is 28.8 Å². The van der Waals surface area contributed by atoms with Crippen LogP contribution in [-0.4, -0.2) is 25.0 Å². The van der Waals surface area contributed by atoms with Gasteiger partial charge in [0.25, 0.3) is 11.8 Å². The lowest BCUT2D eigenvalue weighted by atomic mass is 9.89. The number of rotatable bonds is 6. The third-order valence-electron chi connectivity index (χ3n) is 3.88. The van der Waals surface area contributed by atoms with E-state index in [1.54, 1.807) is 6.07 Å². The molecule has 120 valence electrons. The van der Waals surface area contributed by atoms with Crippen LogP contribution in [0.1, 0.15) is 42.5 Å². The van der Waals surface area contributed by atoms with Crippen LogP contribution in [0.25, 0.3) is 0 Å². The highest BCUT2D eigenvalue weighted by molar-refractivity contribution is 6.31. The third-order valence-corrected chi connectivity index (χ3v) is 4.11. The van der Waals surface area contributed by atoms with Crippen molar-refractivity contribution in [2.75, 3.05) is 13.2 Å². The smallest absolute Gasteiger partial charge is 0.257 e. The molecule has 6 heteroatoms. The average Bonchev–Trinajstić information content (AvgIpc) is 2.52. The van der Waals surface area contributed by atoms with Crippen molar-refractivity contribution in [2.24, 2.45) is 11.7 Å². The summed E-state index contributed by atoms with van der Waals surface area (Å²) in [6, 6.07) is 4.55. The fourth-order valence-electron chi connectivity index (χ4n) is 2.66. The summed E-state index contributed by atoms with van der Waals surface area (Å²) < 4.78 is 5.38. The number of nitrogens with one attached hydrogen (secondary N) is 1. The summed E-state index contributed by atoms with van der Waals surface area (Å²) in [5.41, 5.74) is 5.44. The predicted octanol–water partition coefficient (Wildman–Crippen LogP) is 2.51. The Labute approximate surface area is 135 Å². The Morgan fingerprint density at radius 2 is 2.00 bits per heavy atom. The van der Waals surface area contributed by atoms with Crippen LogP contribution in [0.5, 0.6) is 5.75 Å². The molecule has 0 radical (unpaired) electrons. The van der Waals surface area contributed by atoms with Crippen LogP contribution in [0.15, 0.2) is 18.2 Å². The van der Waals surface area contributed by atoms with Crippen LogP contribution >= 0.6 is 11.6 Å². The highest BCUT2D eigenvalue weighted by Crippen LogP contribution is 2.23. The summed E-state index contributed by atoms with van der Waals surface area (Å²) in [6.07, 6.45) is 6.11. The number of primary amides is 1. The summed E-state index contributed by atoms with van der Waals surface area (Å²) in [7, 11) is 0. The molecule has 0 bridgehead atoms. The molecular formula is C16H21ClN2O3. The van der Waals surface area contributed by atoms with Crippen molar-refractivity contribution in [3.8, 4) is 5.75 Å². The van der Waals surface area contributed by atoms with E-state index in [0.717, 1.165) is 0 Å². The van der Waals surface area contributed by atoms with Gasteiger partial charge in [0.05, 0.1) is 5.56 Å². The zero-order valence-corrected chi connectivity index (χ0v) is 13.2. The van der Waals surface area contributed by atoms with Crippen LogP contribution in [0.2, 0.25) is 5.02 Å². The van der Waals surface area contributed by atoms with Gasteiger partial charge in [-0.3, -0.25) is 9.59 Å². The topological polar surface area (TPSA) is 81.4 Å². The molecule has 0 unspecified atom stereocenters. The van der Waals surface area contributed by atoms with Crippen LogP contribution in [0.4, 0.5) is 0 Å². The first-order valence-corrected chi connectivity index (χ1v) is 7.93. The second-order valence-electron chi connectivity index (χ2n) is 5.60. The lowest BCUT2D eigenvalue weighted by Gasteiger charge is -2.21. The van der Waals surface area contributed by atoms with Crippen molar-refractivity contribution in [1.29, 1.82) is 0 Å². The molecule has 0 atom stereocenters. The predicted molar refractivity (Wildman–Crippen MR) is 85.0 cm³/mol. The third kappa shape index (κ3) is 4.91. The molecule has 0 saturated heterocycles. The Morgan fingerprint density at radius 3 is 2.68 bits per heavy atom. The normalized spacial score (nSPS) is 15.3. The van der Waals surface area contributed by atoms with Crippen molar-refractivity contribution in [2.45, 2.75) is 32.1 Å². The highest BCUT2D eigenvalue weighted by Gasteiger charge is 2.15. The SMILES string of the molecule is NC(=O)c1cc(Cl)ccc1OCC(=O)NCC1CCCCC1. The van der Waals surface area contributed by atoms with E-state index in [-0.39, 0.29) is 23.8 Å². The minimum absolute atomic E-state index is 0.144. The zero-order valence-electron chi connectivity index (χ0n) is 12.4. The maximum absolute atomic E-state index is 11.8. The lowest BCUT2D eigenvalue weighted by Crippen LogP contribution is -2.34. The Balaban J connectivity index is 1.82. The molecule has 1 aromatic rings. The van der Waals surface area contributed by atoms with Crippen LogP contribution in [0.3, 0.4) is 0 Å². The molecule has 0 heterocycles. The van der Waals surface area contributed by atoms with E-state index in [0.29, 0.717) is 17.5 Å². The quantitative estimate of drug-likeness (QED) is 0.843. The Bertz CT molecular complexity index is 542. The maximum atomic E-state index is 11.8. The molecule has 0 spiro atoms. The van der Waals surface area contributed by atoms with E-state index < -0.39 is 5.91 Å². The van der Waals surface area contributed by atoms with Gasteiger partial charge in [-0.1, -0.05) is 30.9 Å². The number of hydrogen-bond acceptors (Lipinski definition) is 3. The molecule has 2 amide bonds. The Morgan fingerprint density at radius 1 is 1.27 bits per heavy atom. The van der Waals surface area contributed by atoms with Crippen LogP contribution in [-0.2, 0) is 4.79 Å². The molecule has 1 saturated carbocycles. The van der Waals surface area contributed by atoms with E-state index in [1.807, 2.05) is 0 Å². The number of hydrogen-bond donors (Lipinski definition) is 2. The first-order chi connectivity index (χ1) is 10.6. The molecule has 2 rings (SSSR count). The Kier molecular flexibility index (Phi) is 6.07. The summed E-state index contributed by atoms with van der Waals surface area (Å²) in [5, 5.41) is 3.27. The molecule has 3 N–H and O–H groups in total. The second-order valence-corrected chi connectivity index (χ2v) is 6.04. The van der Waals surface area contributed by atoms with Crippen molar-refractivity contribution < 1.29 is 14.3 Å². The van der Waals surface area contributed by atoms with Gasteiger partial charge in [-0.15, -0.1) is 0 Å². The van der Waals surface area contributed by atoms with E-state index in [4.69, 9.17) is 22.1 Å². The van der Waals surface area contributed by atoms with E-state index in [9.17, 15) is 9.59 Å². The van der Waals surface area contributed by atoms with Crippen LogP contribution in [0, 0.1) is 5.92 Å². The van der Waals surface area contributed by atoms with Gasteiger partial charge in [-0.05, 0) is 37.0 Å². The molecule has 1 aliphatic rings. The van der Waals surface area contributed by atoms with Crippen molar-refractivity contribution in [3.63, 3.8) is 0 Å².